The number of halogens is 4. The molecule has 1 aliphatic rings. The number of carbonyl (C=O) groups excluding carboxylic acids is 1. The summed E-state index contributed by atoms with van der Waals surface area (Å²) < 4.78 is 40.4. The molecule has 5 nitrogen and oxygen atoms in total. The van der Waals surface area contributed by atoms with Crippen molar-refractivity contribution in [2.45, 2.75) is 18.3 Å². The summed E-state index contributed by atoms with van der Waals surface area (Å²) in [6.07, 6.45) is -3.24. The number of alkyl halides is 3. The van der Waals surface area contributed by atoms with Crippen LogP contribution < -0.4 is 0 Å². The van der Waals surface area contributed by atoms with Gasteiger partial charge in [-0.1, -0.05) is 23.7 Å². The highest BCUT2D eigenvalue weighted by Gasteiger charge is 2.63. The number of amides is 1. The number of hydrogen-bond acceptors (Lipinski definition) is 4. The third kappa shape index (κ3) is 3.10. The van der Waals surface area contributed by atoms with Gasteiger partial charge in [0.25, 0.3) is 11.6 Å². The van der Waals surface area contributed by atoms with Crippen molar-refractivity contribution in [3.63, 3.8) is 0 Å². The zero-order chi connectivity index (χ0) is 18.2. The Labute approximate surface area is 145 Å². The fraction of sp³-hybridized carbons (Fsp3) is 0.188. The van der Waals surface area contributed by atoms with E-state index in [4.69, 9.17) is 11.6 Å². The first-order valence-electron chi connectivity index (χ1n) is 7.09. The highest BCUT2D eigenvalue weighted by molar-refractivity contribution is 6.31. The molecule has 0 spiro atoms. The van der Waals surface area contributed by atoms with Gasteiger partial charge in [0.2, 0.25) is 0 Å². The van der Waals surface area contributed by atoms with Crippen molar-refractivity contribution in [3.05, 3.63) is 64.9 Å². The van der Waals surface area contributed by atoms with Crippen molar-refractivity contribution in [2.24, 2.45) is 5.10 Å². The highest BCUT2D eigenvalue weighted by Crippen LogP contribution is 2.42. The van der Waals surface area contributed by atoms with Gasteiger partial charge in [-0.15, -0.1) is 0 Å². The van der Waals surface area contributed by atoms with E-state index in [0.29, 0.717) is 0 Å². The number of nitrogens with zero attached hydrogens (tertiary/aromatic N) is 3. The van der Waals surface area contributed by atoms with Crippen LogP contribution in [-0.4, -0.2) is 38.6 Å². The Balaban J connectivity index is 2.06. The van der Waals surface area contributed by atoms with E-state index in [1.165, 1.54) is 48.8 Å². The zero-order valence-corrected chi connectivity index (χ0v) is 13.3. The summed E-state index contributed by atoms with van der Waals surface area (Å²) in [5.74, 6) is -1.11. The molecule has 0 radical (unpaired) electrons. The number of pyridine rings is 1. The molecular weight excluding hydrogens is 359 g/mol. The monoisotopic (exact) mass is 369 g/mol. The molecular formula is C16H11ClF3N3O2. The second-order valence-electron chi connectivity index (χ2n) is 5.41. The quantitative estimate of drug-likeness (QED) is 0.883. The third-order valence-corrected chi connectivity index (χ3v) is 3.93. The molecule has 1 amide bonds. The predicted octanol–water partition coefficient (Wildman–Crippen LogP) is 3.24. The highest BCUT2D eigenvalue weighted by atomic mass is 35.5. The summed E-state index contributed by atoms with van der Waals surface area (Å²) in [6, 6.07) is 8.41. The number of hydrazone groups is 1. The fourth-order valence-corrected chi connectivity index (χ4v) is 2.61. The van der Waals surface area contributed by atoms with Crippen molar-refractivity contribution in [1.29, 1.82) is 0 Å². The molecule has 130 valence electrons. The minimum absolute atomic E-state index is 0.0565. The Morgan fingerprint density at radius 1 is 1.28 bits per heavy atom. The van der Waals surface area contributed by atoms with Crippen molar-refractivity contribution >= 4 is 23.2 Å². The average Bonchev–Trinajstić information content (AvgIpc) is 2.94. The van der Waals surface area contributed by atoms with Crippen LogP contribution in [0.15, 0.2) is 53.9 Å². The van der Waals surface area contributed by atoms with Gasteiger partial charge in [-0.2, -0.15) is 23.3 Å². The van der Waals surface area contributed by atoms with Crippen LogP contribution in [0.2, 0.25) is 5.02 Å². The summed E-state index contributed by atoms with van der Waals surface area (Å²) in [5.41, 5.74) is -3.38. The van der Waals surface area contributed by atoms with E-state index in [2.05, 4.69) is 10.1 Å². The maximum atomic E-state index is 13.5. The van der Waals surface area contributed by atoms with Crippen LogP contribution in [0.25, 0.3) is 0 Å². The van der Waals surface area contributed by atoms with Gasteiger partial charge < -0.3 is 5.11 Å². The van der Waals surface area contributed by atoms with Crippen LogP contribution in [0, 0.1) is 0 Å². The summed E-state index contributed by atoms with van der Waals surface area (Å²) in [4.78, 5) is 16.3. The van der Waals surface area contributed by atoms with Crippen LogP contribution in [0.4, 0.5) is 13.2 Å². The molecule has 0 bridgehead atoms. The molecule has 9 heteroatoms. The smallest absolute Gasteiger partial charge is 0.362 e. The van der Waals surface area contributed by atoms with E-state index in [9.17, 15) is 23.1 Å². The zero-order valence-electron chi connectivity index (χ0n) is 12.5. The first kappa shape index (κ1) is 17.4. The first-order chi connectivity index (χ1) is 11.7. The third-order valence-electron chi connectivity index (χ3n) is 3.70. The summed E-state index contributed by atoms with van der Waals surface area (Å²) in [5, 5.41) is 14.2. The minimum atomic E-state index is -5.10. The number of aliphatic hydroxyl groups is 1. The molecule has 1 aromatic heterocycles. The Bertz CT molecular complexity index is 842. The van der Waals surface area contributed by atoms with Gasteiger partial charge in [-0.05, 0) is 24.3 Å². The Morgan fingerprint density at radius 3 is 2.64 bits per heavy atom. The number of carbonyl (C=O) groups is 1. The van der Waals surface area contributed by atoms with Crippen molar-refractivity contribution in [3.8, 4) is 0 Å². The van der Waals surface area contributed by atoms with Gasteiger partial charge in [-0.3, -0.25) is 9.78 Å². The van der Waals surface area contributed by atoms with Gasteiger partial charge in [-0.25, -0.2) is 0 Å². The van der Waals surface area contributed by atoms with Crippen molar-refractivity contribution < 1.29 is 23.1 Å². The SMILES string of the molecule is O=C(c1cccc(Cl)c1)N1N=C(c2cccnc2)C[C@]1(O)C(F)(F)F. The number of rotatable bonds is 2. The van der Waals surface area contributed by atoms with E-state index < -0.39 is 24.2 Å². The maximum Gasteiger partial charge on any atom is 0.438 e. The largest absolute Gasteiger partial charge is 0.438 e. The fourth-order valence-electron chi connectivity index (χ4n) is 2.42. The van der Waals surface area contributed by atoms with Gasteiger partial charge in [0, 0.05) is 28.5 Å². The van der Waals surface area contributed by atoms with E-state index in [-0.39, 0.29) is 26.9 Å². The maximum absolute atomic E-state index is 13.5. The van der Waals surface area contributed by atoms with E-state index in [1.807, 2.05) is 0 Å². The Hall–Kier alpha value is -2.45. The second kappa shape index (κ2) is 6.12. The predicted molar refractivity (Wildman–Crippen MR) is 84.0 cm³/mol. The van der Waals surface area contributed by atoms with Gasteiger partial charge in [0.05, 0.1) is 12.1 Å². The molecule has 0 saturated carbocycles. The lowest BCUT2D eigenvalue weighted by Crippen LogP contribution is -2.56. The van der Waals surface area contributed by atoms with Crippen molar-refractivity contribution in [2.75, 3.05) is 0 Å². The van der Waals surface area contributed by atoms with Crippen molar-refractivity contribution in [1.82, 2.24) is 9.99 Å². The van der Waals surface area contributed by atoms with Crippen LogP contribution in [-0.2, 0) is 0 Å². The molecule has 2 aromatic rings. The Kier molecular flexibility index (Phi) is 4.26. The van der Waals surface area contributed by atoms with Crippen LogP contribution in [0.3, 0.4) is 0 Å². The van der Waals surface area contributed by atoms with Crippen LogP contribution >= 0.6 is 11.6 Å². The Morgan fingerprint density at radius 2 is 2.04 bits per heavy atom. The van der Waals surface area contributed by atoms with E-state index in [1.54, 1.807) is 0 Å². The molecule has 1 N–H and O–H groups in total. The molecule has 2 heterocycles. The van der Waals surface area contributed by atoms with Gasteiger partial charge in [0.1, 0.15) is 0 Å². The van der Waals surface area contributed by atoms with Gasteiger partial charge >= 0.3 is 6.18 Å². The molecule has 0 fully saturated rings. The molecule has 0 saturated heterocycles. The van der Waals surface area contributed by atoms with Crippen LogP contribution in [0.1, 0.15) is 22.3 Å². The molecule has 25 heavy (non-hydrogen) atoms. The average molecular weight is 370 g/mol. The molecule has 0 unspecified atom stereocenters. The van der Waals surface area contributed by atoms with Gasteiger partial charge in [0.15, 0.2) is 0 Å². The lowest BCUT2D eigenvalue weighted by atomic mass is 10.0. The molecule has 0 aliphatic carbocycles. The summed E-state index contributed by atoms with van der Waals surface area (Å²) >= 11 is 5.78. The second-order valence-corrected chi connectivity index (χ2v) is 5.84. The lowest BCUT2D eigenvalue weighted by Gasteiger charge is -2.32. The van der Waals surface area contributed by atoms with E-state index in [0.717, 1.165) is 0 Å². The minimum Gasteiger partial charge on any atom is -0.362 e. The normalized spacial score (nSPS) is 20.5. The topological polar surface area (TPSA) is 65.8 Å². The van der Waals surface area contributed by atoms with Crippen LogP contribution in [0.5, 0.6) is 0 Å². The number of aromatic nitrogens is 1. The molecule has 3 rings (SSSR count). The first-order valence-corrected chi connectivity index (χ1v) is 7.47. The molecule has 1 atom stereocenters. The molecule has 1 aromatic carbocycles. The lowest BCUT2D eigenvalue weighted by molar-refractivity contribution is -0.297. The number of hydrogen-bond donors (Lipinski definition) is 1. The summed E-state index contributed by atoms with van der Waals surface area (Å²) in [6.45, 7) is 0. The number of benzene rings is 1. The summed E-state index contributed by atoms with van der Waals surface area (Å²) in [7, 11) is 0. The molecule has 1 aliphatic heterocycles. The van der Waals surface area contributed by atoms with E-state index >= 15 is 0 Å². The standard InChI is InChI=1S/C16H11ClF3N3O2/c17-12-5-1-3-10(7-12)14(24)23-15(25,16(18,19)20)8-13(22-23)11-4-2-6-21-9-11/h1-7,9,25H,8H2/t15-/m0/s1.